The molecule has 0 saturated heterocycles. The second-order valence-corrected chi connectivity index (χ2v) is 5.33. The monoisotopic (exact) mass is 227 g/mol. The molecule has 0 aromatic rings. The summed E-state index contributed by atoms with van der Waals surface area (Å²) >= 11 is 0. The largest absolute Gasteiger partial charge is 0.385 e. The first-order chi connectivity index (χ1) is 7.77. The van der Waals surface area contributed by atoms with Crippen molar-refractivity contribution in [2.45, 2.75) is 58.4 Å². The number of rotatable bonds is 7. The van der Waals surface area contributed by atoms with Crippen LogP contribution in [0.5, 0.6) is 0 Å². The Morgan fingerprint density at radius 2 is 2.06 bits per heavy atom. The summed E-state index contributed by atoms with van der Waals surface area (Å²) in [4.78, 5) is 0. The van der Waals surface area contributed by atoms with Gasteiger partial charge >= 0.3 is 0 Å². The molecule has 0 aromatic heterocycles. The fourth-order valence-corrected chi connectivity index (χ4v) is 3.00. The van der Waals surface area contributed by atoms with Crippen molar-refractivity contribution in [3.63, 3.8) is 0 Å². The Balaban J connectivity index is 2.26. The lowest BCUT2D eigenvalue weighted by Gasteiger charge is -2.35. The number of nitrogens with one attached hydrogen (secondary N) is 1. The molecule has 0 amide bonds. The van der Waals surface area contributed by atoms with E-state index in [4.69, 9.17) is 4.74 Å². The summed E-state index contributed by atoms with van der Waals surface area (Å²) in [6.07, 6.45) is 8.14. The van der Waals surface area contributed by atoms with Gasteiger partial charge in [-0.25, -0.2) is 0 Å². The Bertz CT molecular complexity index is 172. The smallest absolute Gasteiger partial charge is 0.0462 e. The second kappa shape index (κ2) is 8.08. The first kappa shape index (κ1) is 14.0. The lowest BCUT2D eigenvalue weighted by Crippen LogP contribution is -2.40. The highest BCUT2D eigenvalue weighted by Crippen LogP contribution is 2.32. The summed E-state index contributed by atoms with van der Waals surface area (Å²) in [6.45, 7) is 6.67. The highest BCUT2D eigenvalue weighted by atomic mass is 16.5. The third-order valence-corrected chi connectivity index (χ3v) is 3.88. The summed E-state index contributed by atoms with van der Waals surface area (Å²) in [5, 5.41) is 3.66. The minimum atomic E-state index is 0.781. The fourth-order valence-electron chi connectivity index (χ4n) is 3.00. The summed E-state index contributed by atoms with van der Waals surface area (Å²) < 4.78 is 5.11. The van der Waals surface area contributed by atoms with E-state index >= 15 is 0 Å². The van der Waals surface area contributed by atoms with E-state index in [0.717, 1.165) is 31.0 Å². The van der Waals surface area contributed by atoms with Crippen LogP contribution in [-0.4, -0.2) is 26.3 Å². The minimum absolute atomic E-state index is 0.781. The Morgan fingerprint density at radius 1 is 1.25 bits per heavy atom. The van der Waals surface area contributed by atoms with Gasteiger partial charge in [0.05, 0.1) is 0 Å². The molecular formula is C14H29NO. The van der Waals surface area contributed by atoms with E-state index in [-0.39, 0.29) is 0 Å². The van der Waals surface area contributed by atoms with E-state index < -0.39 is 0 Å². The van der Waals surface area contributed by atoms with Crippen molar-refractivity contribution in [1.29, 1.82) is 0 Å². The van der Waals surface area contributed by atoms with Gasteiger partial charge in [0, 0.05) is 19.8 Å². The highest BCUT2D eigenvalue weighted by molar-refractivity contribution is 4.83. The molecule has 1 rings (SSSR count). The molecule has 2 nitrogen and oxygen atoms in total. The van der Waals surface area contributed by atoms with Crippen molar-refractivity contribution in [1.82, 2.24) is 5.32 Å². The average Bonchev–Trinajstić information content (AvgIpc) is 2.28. The van der Waals surface area contributed by atoms with Gasteiger partial charge in [-0.15, -0.1) is 0 Å². The first-order valence-electron chi connectivity index (χ1n) is 7.00. The molecule has 0 aliphatic heterocycles. The molecule has 16 heavy (non-hydrogen) atoms. The summed E-state index contributed by atoms with van der Waals surface area (Å²) in [6, 6.07) is 0.781. The standard InChI is InChI=1S/C14H29NO/c1-4-15-14-9-8-12(2)11-13(14)7-5-6-10-16-3/h12-15H,4-11H2,1-3H3. The molecule has 1 saturated carbocycles. The number of methoxy groups -OCH3 is 1. The number of hydrogen-bond donors (Lipinski definition) is 1. The lowest BCUT2D eigenvalue weighted by molar-refractivity contribution is 0.174. The van der Waals surface area contributed by atoms with Gasteiger partial charge in [0.2, 0.25) is 0 Å². The van der Waals surface area contributed by atoms with Crippen LogP contribution in [0, 0.1) is 11.8 Å². The van der Waals surface area contributed by atoms with Crippen molar-refractivity contribution in [2.75, 3.05) is 20.3 Å². The van der Waals surface area contributed by atoms with E-state index in [1.807, 2.05) is 0 Å². The lowest BCUT2D eigenvalue weighted by atomic mass is 9.76. The molecule has 0 radical (unpaired) electrons. The zero-order valence-corrected chi connectivity index (χ0v) is 11.3. The molecule has 1 aliphatic rings. The van der Waals surface area contributed by atoms with E-state index in [1.165, 1.54) is 38.5 Å². The molecule has 0 aromatic carbocycles. The van der Waals surface area contributed by atoms with Crippen molar-refractivity contribution in [2.24, 2.45) is 11.8 Å². The normalized spacial score (nSPS) is 30.6. The van der Waals surface area contributed by atoms with Gasteiger partial charge in [0.15, 0.2) is 0 Å². The van der Waals surface area contributed by atoms with Crippen molar-refractivity contribution < 1.29 is 4.74 Å². The maximum Gasteiger partial charge on any atom is 0.0462 e. The third kappa shape index (κ3) is 4.84. The van der Waals surface area contributed by atoms with E-state index in [1.54, 1.807) is 7.11 Å². The van der Waals surface area contributed by atoms with Crippen LogP contribution in [0.3, 0.4) is 0 Å². The predicted octanol–water partition coefficient (Wildman–Crippen LogP) is 3.22. The minimum Gasteiger partial charge on any atom is -0.385 e. The first-order valence-corrected chi connectivity index (χ1v) is 7.00. The molecule has 3 atom stereocenters. The summed E-state index contributed by atoms with van der Waals surface area (Å²) in [5.41, 5.74) is 0. The maximum absolute atomic E-state index is 5.11. The number of hydrogen-bond acceptors (Lipinski definition) is 2. The molecule has 2 heteroatoms. The van der Waals surface area contributed by atoms with Crippen LogP contribution in [0.2, 0.25) is 0 Å². The molecule has 1 fully saturated rings. The number of unbranched alkanes of at least 4 members (excludes halogenated alkanes) is 1. The molecule has 1 N–H and O–H groups in total. The molecule has 1 aliphatic carbocycles. The van der Waals surface area contributed by atoms with E-state index in [9.17, 15) is 0 Å². The van der Waals surface area contributed by atoms with E-state index in [2.05, 4.69) is 19.2 Å². The third-order valence-electron chi connectivity index (χ3n) is 3.88. The molecule has 96 valence electrons. The Hall–Kier alpha value is -0.0800. The predicted molar refractivity (Wildman–Crippen MR) is 69.7 cm³/mol. The van der Waals surface area contributed by atoms with Gasteiger partial charge in [-0.05, 0) is 50.5 Å². The number of ether oxygens (including phenoxy) is 1. The maximum atomic E-state index is 5.11. The Morgan fingerprint density at radius 3 is 2.75 bits per heavy atom. The molecule has 0 heterocycles. The SMILES string of the molecule is CCNC1CCC(C)CC1CCCCOC. The zero-order chi connectivity index (χ0) is 11.8. The summed E-state index contributed by atoms with van der Waals surface area (Å²) in [7, 11) is 1.80. The van der Waals surface area contributed by atoms with Crippen LogP contribution >= 0.6 is 0 Å². The topological polar surface area (TPSA) is 21.3 Å². The van der Waals surface area contributed by atoms with Crippen LogP contribution in [0.4, 0.5) is 0 Å². The molecule has 0 spiro atoms. The Labute approximate surface area is 101 Å². The van der Waals surface area contributed by atoms with Crippen LogP contribution in [0.25, 0.3) is 0 Å². The zero-order valence-electron chi connectivity index (χ0n) is 11.3. The molecule has 0 bridgehead atoms. The van der Waals surface area contributed by atoms with Gasteiger partial charge in [-0.3, -0.25) is 0 Å². The van der Waals surface area contributed by atoms with Gasteiger partial charge in [0.1, 0.15) is 0 Å². The fraction of sp³-hybridized carbons (Fsp3) is 1.00. The van der Waals surface area contributed by atoms with Gasteiger partial charge < -0.3 is 10.1 Å². The quantitative estimate of drug-likeness (QED) is 0.674. The van der Waals surface area contributed by atoms with Crippen molar-refractivity contribution in [3.8, 4) is 0 Å². The van der Waals surface area contributed by atoms with Crippen molar-refractivity contribution >= 4 is 0 Å². The van der Waals surface area contributed by atoms with Crippen LogP contribution in [0.1, 0.15) is 52.4 Å². The average molecular weight is 227 g/mol. The Kier molecular flexibility index (Phi) is 7.06. The highest BCUT2D eigenvalue weighted by Gasteiger charge is 2.27. The second-order valence-electron chi connectivity index (χ2n) is 5.33. The van der Waals surface area contributed by atoms with Crippen LogP contribution in [-0.2, 0) is 4.74 Å². The van der Waals surface area contributed by atoms with Gasteiger partial charge in [-0.2, -0.15) is 0 Å². The van der Waals surface area contributed by atoms with Crippen LogP contribution in [0.15, 0.2) is 0 Å². The molecule has 3 unspecified atom stereocenters. The van der Waals surface area contributed by atoms with Crippen molar-refractivity contribution in [3.05, 3.63) is 0 Å². The van der Waals surface area contributed by atoms with Gasteiger partial charge in [0.25, 0.3) is 0 Å². The van der Waals surface area contributed by atoms with Gasteiger partial charge in [-0.1, -0.05) is 20.3 Å². The summed E-state index contributed by atoms with van der Waals surface area (Å²) in [5.74, 6) is 1.84. The van der Waals surface area contributed by atoms with Crippen LogP contribution < -0.4 is 5.32 Å². The molecular weight excluding hydrogens is 198 g/mol. The van der Waals surface area contributed by atoms with E-state index in [0.29, 0.717) is 0 Å².